The molecule has 0 spiro atoms. The fourth-order valence-electron chi connectivity index (χ4n) is 1.68. The quantitative estimate of drug-likeness (QED) is 0.652. The summed E-state index contributed by atoms with van der Waals surface area (Å²) in [5, 5.41) is 0.667. The molecule has 0 aliphatic rings. The number of nitrogens with zero attached hydrogens (tertiary/aromatic N) is 1. The molecule has 0 atom stereocenters. The lowest BCUT2D eigenvalue weighted by Crippen LogP contribution is -2.14. The van der Waals surface area contributed by atoms with Crippen molar-refractivity contribution in [3.8, 4) is 0 Å². The zero-order chi connectivity index (χ0) is 11.5. The molecule has 2 aromatic rings. The second kappa shape index (κ2) is 4.45. The third kappa shape index (κ3) is 1.84. The van der Waals surface area contributed by atoms with Crippen LogP contribution in [0.4, 0.5) is 0 Å². The number of para-hydroxylation sites is 1. The highest BCUT2D eigenvalue weighted by Gasteiger charge is 2.03. The Balaban J connectivity index is 2.76. The van der Waals surface area contributed by atoms with E-state index >= 15 is 0 Å². The van der Waals surface area contributed by atoms with Crippen LogP contribution in [0, 0.1) is 4.77 Å². The monoisotopic (exact) mass is 232 g/mol. The van der Waals surface area contributed by atoms with Crippen LogP contribution in [0.1, 0.15) is 6.42 Å². The molecule has 16 heavy (non-hydrogen) atoms. The van der Waals surface area contributed by atoms with Gasteiger partial charge in [-0.25, -0.2) is 0 Å². The Hall–Kier alpha value is -1.68. The van der Waals surface area contributed by atoms with Crippen molar-refractivity contribution in [1.82, 2.24) is 9.55 Å². The summed E-state index contributed by atoms with van der Waals surface area (Å²) in [6, 6.07) is 7.45. The molecule has 0 radical (unpaired) electrons. The Morgan fingerprint density at radius 3 is 2.94 bits per heavy atom. The van der Waals surface area contributed by atoms with Crippen LogP contribution in [0.2, 0.25) is 0 Å². The molecule has 0 unspecified atom stereocenters. The molecule has 0 saturated heterocycles. The number of H-pyrrole nitrogens is 1. The first-order valence-corrected chi connectivity index (χ1v) is 5.47. The van der Waals surface area contributed by atoms with E-state index in [0.29, 0.717) is 10.2 Å². The summed E-state index contributed by atoms with van der Waals surface area (Å²) in [6.45, 7) is 4.42. The highest BCUT2D eigenvalue weighted by Crippen LogP contribution is 2.10. The highest BCUT2D eigenvalue weighted by molar-refractivity contribution is 7.71. The van der Waals surface area contributed by atoms with E-state index in [1.165, 1.54) is 0 Å². The molecule has 0 saturated carbocycles. The summed E-state index contributed by atoms with van der Waals surface area (Å²) in [5.41, 5.74) is 0.744. The first-order valence-electron chi connectivity index (χ1n) is 5.07. The van der Waals surface area contributed by atoms with Crippen molar-refractivity contribution in [3.63, 3.8) is 0 Å². The molecule has 1 heterocycles. The number of hydrogen-bond acceptors (Lipinski definition) is 2. The number of aromatic amines is 1. The molecular weight excluding hydrogens is 220 g/mol. The topological polar surface area (TPSA) is 37.8 Å². The van der Waals surface area contributed by atoms with Crippen LogP contribution >= 0.6 is 12.2 Å². The highest BCUT2D eigenvalue weighted by atomic mass is 32.1. The number of aromatic nitrogens is 2. The normalized spacial score (nSPS) is 10.5. The maximum atomic E-state index is 11.7. The van der Waals surface area contributed by atoms with Crippen LogP contribution < -0.4 is 5.56 Å². The first-order chi connectivity index (χ1) is 7.74. The Bertz CT molecular complexity index is 639. The third-order valence-electron chi connectivity index (χ3n) is 2.46. The van der Waals surface area contributed by atoms with Gasteiger partial charge in [0.15, 0.2) is 4.77 Å². The predicted octanol–water partition coefficient (Wildman–Crippen LogP) is 2.64. The molecule has 4 heteroatoms. The molecule has 82 valence electrons. The summed E-state index contributed by atoms with van der Waals surface area (Å²) in [7, 11) is 0. The number of hydrogen-bond donors (Lipinski definition) is 1. The molecule has 0 aliphatic carbocycles. The smallest absolute Gasteiger partial charge is 0.259 e. The van der Waals surface area contributed by atoms with Crippen LogP contribution in [0.25, 0.3) is 10.9 Å². The van der Waals surface area contributed by atoms with Gasteiger partial charge in [0.2, 0.25) is 0 Å². The van der Waals surface area contributed by atoms with E-state index in [0.717, 1.165) is 18.5 Å². The Kier molecular flexibility index (Phi) is 3.01. The van der Waals surface area contributed by atoms with Crippen LogP contribution in [0.5, 0.6) is 0 Å². The van der Waals surface area contributed by atoms with Gasteiger partial charge in [0.25, 0.3) is 5.56 Å². The second-order valence-corrected chi connectivity index (χ2v) is 3.89. The van der Waals surface area contributed by atoms with Crippen LogP contribution in [-0.4, -0.2) is 9.55 Å². The van der Waals surface area contributed by atoms with Gasteiger partial charge in [0.1, 0.15) is 0 Å². The van der Waals surface area contributed by atoms with Crippen molar-refractivity contribution in [2.75, 3.05) is 0 Å². The van der Waals surface area contributed by atoms with Crippen molar-refractivity contribution in [2.45, 2.75) is 13.0 Å². The van der Waals surface area contributed by atoms with E-state index < -0.39 is 0 Å². The zero-order valence-electron chi connectivity index (χ0n) is 8.77. The van der Waals surface area contributed by atoms with Gasteiger partial charge in [0.05, 0.1) is 10.9 Å². The van der Waals surface area contributed by atoms with Gasteiger partial charge >= 0.3 is 0 Å². The average Bonchev–Trinajstić information content (AvgIpc) is 2.29. The maximum absolute atomic E-state index is 11.7. The van der Waals surface area contributed by atoms with Gasteiger partial charge in [0, 0.05) is 6.54 Å². The minimum absolute atomic E-state index is 0.129. The SMILES string of the molecule is C=CCCn1c(=S)[nH]c(=O)c2ccccc21. The van der Waals surface area contributed by atoms with E-state index in [1.807, 2.05) is 28.8 Å². The maximum Gasteiger partial charge on any atom is 0.259 e. The largest absolute Gasteiger partial charge is 0.318 e. The fraction of sp³-hybridized carbons (Fsp3) is 0.167. The summed E-state index contributed by atoms with van der Waals surface area (Å²) in [4.78, 5) is 14.3. The molecule has 0 bridgehead atoms. The molecule has 3 nitrogen and oxygen atoms in total. The van der Waals surface area contributed by atoms with E-state index in [4.69, 9.17) is 12.2 Å². The van der Waals surface area contributed by atoms with Gasteiger partial charge in [-0.1, -0.05) is 18.2 Å². The summed E-state index contributed by atoms with van der Waals surface area (Å²) >= 11 is 5.15. The summed E-state index contributed by atoms with van der Waals surface area (Å²) in [6.07, 6.45) is 2.66. The number of aryl methyl sites for hydroxylation is 1. The molecule has 2 rings (SSSR count). The van der Waals surface area contributed by atoms with Crippen molar-refractivity contribution in [2.24, 2.45) is 0 Å². The molecule has 1 aromatic heterocycles. The number of nitrogens with one attached hydrogen (secondary N) is 1. The van der Waals surface area contributed by atoms with Crippen LogP contribution in [-0.2, 0) is 6.54 Å². The molecule has 0 amide bonds. The van der Waals surface area contributed by atoms with Crippen molar-refractivity contribution in [3.05, 3.63) is 52.0 Å². The molecule has 0 aliphatic heterocycles. The Morgan fingerprint density at radius 1 is 1.44 bits per heavy atom. The van der Waals surface area contributed by atoms with E-state index in [-0.39, 0.29) is 5.56 Å². The summed E-state index contributed by atoms with van der Waals surface area (Å²) in [5.74, 6) is 0. The van der Waals surface area contributed by atoms with Crippen molar-refractivity contribution >= 4 is 23.1 Å². The number of fused-ring (bicyclic) bond motifs is 1. The zero-order valence-corrected chi connectivity index (χ0v) is 9.59. The van der Waals surface area contributed by atoms with Crippen molar-refractivity contribution in [1.29, 1.82) is 0 Å². The standard InChI is InChI=1S/C12H12N2OS/c1-2-3-8-14-10-7-5-4-6-9(10)11(15)13-12(14)16/h2,4-7H,1,3,8H2,(H,13,15,16). The second-order valence-electron chi connectivity index (χ2n) is 3.51. The fourth-order valence-corrected chi connectivity index (χ4v) is 1.97. The molecular formula is C12H12N2OS. The number of allylic oxidation sites excluding steroid dienone is 1. The van der Waals surface area contributed by atoms with Gasteiger partial charge < -0.3 is 4.57 Å². The third-order valence-corrected chi connectivity index (χ3v) is 2.78. The van der Waals surface area contributed by atoms with E-state index in [9.17, 15) is 4.79 Å². The van der Waals surface area contributed by atoms with Crippen LogP contribution in [0.3, 0.4) is 0 Å². The van der Waals surface area contributed by atoms with Crippen molar-refractivity contribution < 1.29 is 0 Å². The Labute approximate surface area is 98.1 Å². The number of rotatable bonds is 3. The lowest BCUT2D eigenvalue weighted by molar-refractivity contribution is 0.703. The predicted molar refractivity (Wildman–Crippen MR) is 68.2 cm³/mol. The summed E-state index contributed by atoms with van der Waals surface area (Å²) < 4.78 is 2.39. The van der Waals surface area contributed by atoms with E-state index in [1.54, 1.807) is 6.07 Å². The van der Waals surface area contributed by atoms with Crippen LogP contribution in [0.15, 0.2) is 41.7 Å². The minimum atomic E-state index is -0.129. The van der Waals surface area contributed by atoms with Gasteiger partial charge in [-0.05, 0) is 30.8 Å². The molecule has 0 fully saturated rings. The van der Waals surface area contributed by atoms with Gasteiger partial charge in [-0.2, -0.15) is 0 Å². The van der Waals surface area contributed by atoms with Gasteiger partial charge in [-0.15, -0.1) is 6.58 Å². The average molecular weight is 232 g/mol. The first kappa shape index (κ1) is 10.8. The molecule has 1 N–H and O–H groups in total. The number of benzene rings is 1. The van der Waals surface area contributed by atoms with Gasteiger partial charge in [-0.3, -0.25) is 9.78 Å². The lowest BCUT2D eigenvalue weighted by Gasteiger charge is -2.09. The lowest BCUT2D eigenvalue weighted by atomic mass is 10.2. The Morgan fingerprint density at radius 2 is 2.19 bits per heavy atom. The van der Waals surface area contributed by atoms with E-state index in [2.05, 4.69) is 11.6 Å². The minimum Gasteiger partial charge on any atom is -0.318 e. The molecule has 1 aromatic carbocycles.